The van der Waals surface area contributed by atoms with Gasteiger partial charge in [-0.1, -0.05) is 41.6 Å². The van der Waals surface area contributed by atoms with Crippen molar-refractivity contribution in [2.75, 3.05) is 17.3 Å². The minimum atomic E-state index is -3.08. The van der Waals surface area contributed by atoms with Gasteiger partial charge >= 0.3 is 5.69 Å². The summed E-state index contributed by atoms with van der Waals surface area (Å²) < 4.78 is 25.3. The van der Waals surface area contributed by atoms with E-state index in [-0.39, 0.29) is 29.1 Å². The quantitative estimate of drug-likeness (QED) is 0.421. The lowest BCUT2D eigenvalue weighted by molar-refractivity contribution is 0.102. The molecule has 1 unspecified atom stereocenters. The van der Waals surface area contributed by atoms with Crippen molar-refractivity contribution >= 4 is 27.4 Å². The van der Waals surface area contributed by atoms with Gasteiger partial charge in [0.2, 0.25) is 0 Å². The molecule has 0 N–H and O–H groups in total. The molecule has 6 nitrogen and oxygen atoms in total. The minimum absolute atomic E-state index is 0.00427. The normalized spacial score (nSPS) is 20.2. The number of Topliss-reactive ketones (excluding diaryl/α,β-unsaturated/α-hetero) is 1. The number of sulfone groups is 1. The molecule has 1 aromatic heterocycles. The number of rotatable bonds is 5. The summed E-state index contributed by atoms with van der Waals surface area (Å²) in [5, 5.41) is 0.620. The number of fused-ring (bicyclic) bond motifs is 1. The third-order valence-corrected chi connectivity index (χ3v) is 8.20. The number of aromatic nitrogens is 2. The zero-order chi connectivity index (χ0) is 19.9. The molecular formula is C20H22N2O4S2. The molecule has 1 fully saturated rings. The van der Waals surface area contributed by atoms with E-state index in [1.807, 2.05) is 31.2 Å². The number of carbonyl (C=O) groups is 1. The van der Waals surface area contributed by atoms with Gasteiger partial charge in [0.15, 0.2) is 15.6 Å². The van der Waals surface area contributed by atoms with Crippen molar-refractivity contribution < 1.29 is 13.2 Å². The fourth-order valence-electron chi connectivity index (χ4n) is 3.98. The van der Waals surface area contributed by atoms with Gasteiger partial charge in [0.1, 0.15) is 5.03 Å². The average molecular weight is 419 g/mol. The van der Waals surface area contributed by atoms with Crippen molar-refractivity contribution in [2.24, 2.45) is 0 Å². The first-order chi connectivity index (χ1) is 13.3. The van der Waals surface area contributed by atoms with Crippen LogP contribution in [0.4, 0.5) is 0 Å². The molecule has 1 aliphatic heterocycles. The van der Waals surface area contributed by atoms with Crippen molar-refractivity contribution in [1.82, 2.24) is 9.55 Å². The van der Waals surface area contributed by atoms with E-state index in [2.05, 4.69) is 4.98 Å². The lowest BCUT2D eigenvalue weighted by Crippen LogP contribution is -2.31. The van der Waals surface area contributed by atoms with Gasteiger partial charge in [0.05, 0.1) is 23.3 Å². The summed E-state index contributed by atoms with van der Waals surface area (Å²) in [6.45, 7) is 1.97. The maximum absolute atomic E-state index is 12.7. The Kier molecular flexibility index (Phi) is 5.18. The van der Waals surface area contributed by atoms with Crippen LogP contribution in [-0.2, 0) is 22.7 Å². The van der Waals surface area contributed by atoms with Crippen LogP contribution in [0.2, 0.25) is 0 Å². The first-order valence-electron chi connectivity index (χ1n) is 9.41. The number of hydrogen-bond acceptors (Lipinski definition) is 6. The second kappa shape index (κ2) is 7.48. The zero-order valence-corrected chi connectivity index (χ0v) is 17.3. The number of aryl methyl sites for hydroxylation is 1. The third-order valence-electron chi connectivity index (χ3n) is 5.43. The number of hydrogen-bond donors (Lipinski definition) is 0. The first kappa shape index (κ1) is 19.4. The van der Waals surface area contributed by atoms with Gasteiger partial charge in [-0.3, -0.25) is 9.36 Å². The van der Waals surface area contributed by atoms with Gasteiger partial charge in [-0.15, -0.1) is 0 Å². The standard InChI is InChI=1S/C20H22N2O4S2/c1-13-5-7-14(8-6-13)18(23)11-27-19-16-3-2-4-17(16)22(20(24)21-19)15-9-10-28(25,26)12-15/h5-8,15H,2-4,9-12H2,1H3. The molecule has 28 heavy (non-hydrogen) atoms. The SMILES string of the molecule is Cc1ccc(C(=O)CSc2nc(=O)n(C3CCS(=O)(=O)C3)c3c2CCC3)cc1. The Bertz CT molecular complexity index is 1090. The highest BCUT2D eigenvalue weighted by Gasteiger charge is 2.33. The van der Waals surface area contributed by atoms with Crippen LogP contribution in [0.3, 0.4) is 0 Å². The lowest BCUT2D eigenvalue weighted by Gasteiger charge is -2.18. The van der Waals surface area contributed by atoms with Gasteiger partial charge < -0.3 is 0 Å². The zero-order valence-electron chi connectivity index (χ0n) is 15.7. The molecule has 4 rings (SSSR count). The predicted molar refractivity (Wildman–Crippen MR) is 109 cm³/mol. The van der Waals surface area contributed by atoms with E-state index in [1.165, 1.54) is 11.8 Å². The van der Waals surface area contributed by atoms with Crippen LogP contribution in [0.25, 0.3) is 0 Å². The van der Waals surface area contributed by atoms with Crippen LogP contribution in [0, 0.1) is 6.92 Å². The van der Waals surface area contributed by atoms with Crippen LogP contribution in [-0.4, -0.2) is 41.0 Å². The first-order valence-corrected chi connectivity index (χ1v) is 12.2. The van der Waals surface area contributed by atoms with E-state index in [1.54, 1.807) is 4.57 Å². The largest absolute Gasteiger partial charge is 0.349 e. The van der Waals surface area contributed by atoms with Crippen molar-refractivity contribution in [3.05, 3.63) is 57.1 Å². The summed E-state index contributed by atoms with van der Waals surface area (Å²) in [4.78, 5) is 29.4. The Morgan fingerprint density at radius 1 is 1.25 bits per heavy atom. The summed E-state index contributed by atoms with van der Waals surface area (Å²) in [6, 6.07) is 7.13. The fourth-order valence-corrected chi connectivity index (χ4v) is 6.65. The van der Waals surface area contributed by atoms with Crippen molar-refractivity contribution in [3.63, 3.8) is 0 Å². The summed E-state index contributed by atoms with van der Waals surface area (Å²) in [6.07, 6.45) is 2.94. The smallest absolute Gasteiger partial charge is 0.293 e. The second-order valence-electron chi connectivity index (χ2n) is 7.48. The molecule has 1 aliphatic carbocycles. The summed E-state index contributed by atoms with van der Waals surface area (Å²) in [5.74, 6) is 0.369. The predicted octanol–water partition coefficient (Wildman–Crippen LogP) is 2.38. The molecule has 0 bridgehead atoms. The molecule has 0 radical (unpaired) electrons. The van der Waals surface area contributed by atoms with Crippen molar-refractivity contribution in [2.45, 2.75) is 43.7 Å². The molecular weight excluding hydrogens is 396 g/mol. The monoisotopic (exact) mass is 418 g/mol. The van der Waals surface area contributed by atoms with Crippen LogP contribution in [0.15, 0.2) is 34.1 Å². The minimum Gasteiger partial charge on any atom is -0.293 e. The third kappa shape index (κ3) is 3.80. The highest BCUT2D eigenvalue weighted by molar-refractivity contribution is 8.00. The van der Waals surface area contributed by atoms with Gasteiger partial charge in [0, 0.05) is 16.8 Å². The Morgan fingerprint density at radius 3 is 2.68 bits per heavy atom. The number of nitrogens with zero attached hydrogens (tertiary/aromatic N) is 2. The number of carbonyl (C=O) groups excluding carboxylic acids is 1. The van der Waals surface area contributed by atoms with Crippen molar-refractivity contribution in [1.29, 1.82) is 0 Å². The highest BCUT2D eigenvalue weighted by atomic mass is 32.2. The lowest BCUT2D eigenvalue weighted by atomic mass is 10.1. The molecule has 0 spiro atoms. The summed E-state index contributed by atoms with van der Waals surface area (Å²) in [7, 11) is -3.08. The molecule has 8 heteroatoms. The second-order valence-corrected chi connectivity index (χ2v) is 10.7. The number of ketones is 1. The van der Waals surface area contributed by atoms with Gasteiger partial charge in [0.25, 0.3) is 0 Å². The van der Waals surface area contributed by atoms with E-state index in [4.69, 9.17) is 0 Å². The molecule has 0 amide bonds. The van der Waals surface area contributed by atoms with E-state index in [9.17, 15) is 18.0 Å². The van der Waals surface area contributed by atoms with Crippen molar-refractivity contribution in [3.8, 4) is 0 Å². The van der Waals surface area contributed by atoms with E-state index < -0.39 is 15.5 Å². The Hall–Kier alpha value is -1.93. The summed E-state index contributed by atoms with van der Waals surface area (Å²) in [5.41, 5.74) is 3.27. The average Bonchev–Trinajstić information content (AvgIpc) is 3.26. The van der Waals surface area contributed by atoms with Crippen LogP contribution in [0.5, 0.6) is 0 Å². The van der Waals surface area contributed by atoms with E-state index >= 15 is 0 Å². The molecule has 2 aromatic rings. The van der Waals surface area contributed by atoms with Gasteiger partial charge in [-0.05, 0) is 32.6 Å². The Labute approximate surface area is 168 Å². The van der Waals surface area contributed by atoms with Gasteiger partial charge in [-0.2, -0.15) is 4.98 Å². The molecule has 1 atom stereocenters. The van der Waals surface area contributed by atoms with Crippen LogP contribution in [0.1, 0.15) is 46.1 Å². The fraction of sp³-hybridized carbons (Fsp3) is 0.450. The highest BCUT2D eigenvalue weighted by Crippen LogP contribution is 2.33. The van der Waals surface area contributed by atoms with Gasteiger partial charge in [-0.25, -0.2) is 13.2 Å². The topological polar surface area (TPSA) is 86.1 Å². The maximum Gasteiger partial charge on any atom is 0.349 e. The number of thioether (sulfide) groups is 1. The molecule has 1 saturated heterocycles. The molecule has 1 aromatic carbocycles. The summed E-state index contributed by atoms with van der Waals surface area (Å²) >= 11 is 1.31. The van der Waals surface area contributed by atoms with E-state index in [0.29, 0.717) is 17.0 Å². The Morgan fingerprint density at radius 2 is 2.00 bits per heavy atom. The number of benzene rings is 1. The van der Waals surface area contributed by atoms with E-state index in [0.717, 1.165) is 36.1 Å². The molecule has 148 valence electrons. The molecule has 0 saturated carbocycles. The maximum atomic E-state index is 12.7. The molecule has 2 aliphatic rings. The van der Waals surface area contributed by atoms with Crippen LogP contribution >= 0.6 is 11.8 Å². The molecule has 2 heterocycles. The van der Waals surface area contributed by atoms with Crippen LogP contribution < -0.4 is 5.69 Å². The Balaban J connectivity index is 1.58.